The van der Waals surface area contributed by atoms with E-state index in [1.54, 1.807) is 12.1 Å². The number of carbonyl (C=O) groups excluding carboxylic acids is 1. The third kappa shape index (κ3) is 3.90. The van der Waals surface area contributed by atoms with E-state index in [0.717, 1.165) is 12.0 Å². The molecule has 0 spiro atoms. The van der Waals surface area contributed by atoms with Gasteiger partial charge in [-0.2, -0.15) is 0 Å². The number of hydrogen-bond acceptors (Lipinski definition) is 4. The highest BCUT2D eigenvalue weighted by Crippen LogP contribution is 2.28. The van der Waals surface area contributed by atoms with Gasteiger partial charge in [0.05, 0.1) is 17.7 Å². The van der Waals surface area contributed by atoms with Crippen LogP contribution in [0.3, 0.4) is 0 Å². The van der Waals surface area contributed by atoms with Crippen molar-refractivity contribution >= 4 is 21.5 Å². The Labute approximate surface area is 136 Å². The van der Waals surface area contributed by atoms with E-state index in [2.05, 4.69) is 4.72 Å². The second-order valence-corrected chi connectivity index (χ2v) is 6.76. The number of ether oxygens (including phenoxy) is 1. The number of hydrogen-bond donors (Lipinski definition) is 1. The summed E-state index contributed by atoms with van der Waals surface area (Å²) in [6, 6.07) is 11.2. The lowest BCUT2D eigenvalue weighted by Crippen LogP contribution is -2.14. The summed E-state index contributed by atoms with van der Waals surface area (Å²) in [7, 11) is -2.27. The van der Waals surface area contributed by atoms with E-state index in [0.29, 0.717) is 17.0 Å². The molecule has 1 N–H and O–H groups in total. The molecule has 6 heteroatoms. The van der Waals surface area contributed by atoms with Crippen molar-refractivity contribution in [1.29, 1.82) is 0 Å². The molecular weight excluding hydrogens is 314 g/mol. The Morgan fingerprint density at radius 1 is 1.13 bits per heavy atom. The van der Waals surface area contributed by atoms with Gasteiger partial charge in [-0.1, -0.05) is 25.1 Å². The summed E-state index contributed by atoms with van der Waals surface area (Å²) in [5.74, 6) is 0.338. The molecule has 0 radical (unpaired) electrons. The fourth-order valence-corrected chi connectivity index (χ4v) is 3.19. The van der Waals surface area contributed by atoms with Crippen LogP contribution in [0.4, 0.5) is 5.69 Å². The normalized spacial score (nSPS) is 11.1. The first-order valence-electron chi connectivity index (χ1n) is 7.18. The first kappa shape index (κ1) is 17.0. The Morgan fingerprint density at radius 2 is 1.78 bits per heavy atom. The van der Waals surface area contributed by atoms with E-state index in [4.69, 9.17) is 4.74 Å². The number of ketones is 1. The Bertz CT molecular complexity index is 811. The van der Waals surface area contributed by atoms with Crippen LogP contribution in [0, 0.1) is 0 Å². The number of rotatable bonds is 6. The van der Waals surface area contributed by atoms with Crippen molar-refractivity contribution in [2.75, 3.05) is 11.8 Å². The van der Waals surface area contributed by atoms with Gasteiger partial charge < -0.3 is 4.74 Å². The van der Waals surface area contributed by atoms with Gasteiger partial charge in [0.25, 0.3) is 10.0 Å². The molecule has 5 nitrogen and oxygen atoms in total. The van der Waals surface area contributed by atoms with Gasteiger partial charge >= 0.3 is 0 Å². The fraction of sp³-hybridized carbons (Fsp3) is 0.235. The van der Waals surface area contributed by atoms with Crippen LogP contribution in [0.5, 0.6) is 5.75 Å². The highest BCUT2D eigenvalue weighted by Gasteiger charge is 2.17. The number of anilines is 1. The van der Waals surface area contributed by atoms with Crippen LogP contribution in [-0.2, 0) is 16.4 Å². The third-order valence-corrected chi connectivity index (χ3v) is 4.87. The lowest BCUT2D eigenvalue weighted by molar-refractivity contribution is 0.101. The predicted molar refractivity (Wildman–Crippen MR) is 89.6 cm³/mol. The molecule has 0 fully saturated rings. The summed E-state index contributed by atoms with van der Waals surface area (Å²) < 4.78 is 32.7. The topological polar surface area (TPSA) is 72.5 Å². The van der Waals surface area contributed by atoms with Crippen LogP contribution in [0.2, 0.25) is 0 Å². The molecule has 122 valence electrons. The first-order valence-corrected chi connectivity index (χ1v) is 8.66. The summed E-state index contributed by atoms with van der Waals surface area (Å²) >= 11 is 0. The molecule has 0 saturated carbocycles. The van der Waals surface area contributed by atoms with E-state index >= 15 is 0 Å². The lowest BCUT2D eigenvalue weighted by Gasteiger charge is -2.13. The summed E-state index contributed by atoms with van der Waals surface area (Å²) in [5.41, 5.74) is 1.85. The summed E-state index contributed by atoms with van der Waals surface area (Å²) in [6.45, 7) is 3.42. The molecular formula is C17H19NO4S. The molecule has 0 aliphatic carbocycles. The van der Waals surface area contributed by atoms with Crippen LogP contribution < -0.4 is 9.46 Å². The van der Waals surface area contributed by atoms with E-state index in [9.17, 15) is 13.2 Å². The van der Waals surface area contributed by atoms with Crippen LogP contribution in [0.15, 0.2) is 47.4 Å². The number of nitrogens with one attached hydrogen (secondary N) is 1. The molecule has 0 heterocycles. The van der Waals surface area contributed by atoms with Gasteiger partial charge in [-0.05, 0) is 43.2 Å². The van der Waals surface area contributed by atoms with E-state index in [1.165, 1.54) is 38.3 Å². The lowest BCUT2D eigenvalue weighted by atomic mass is 10.1. The molecule has 0 aromatic heterocycles. The van der Waals surface area contributed by atoms with Crippen molar-refractivity contribution in [2.24, 2.45) is 0 Å². The van der Waals surface area contributed by atoms with Gasteiger partial charge in [0.1, 0.15) is 5.75 Å². The molecule has 2 rings (SSSR count). The number of methoxy groups -OCH3 is 1. The van der Waals surface area contributed by atoms with Crippen molar-refractivity contribution in [2.45, 2.75) is 25.2 Å². The average molecular weight is 333 g/mol. The minimum absolute atomic E-state index is 0.0893. The molecule has 0 amide bonds. The molecule has 0 aliphatic heterocycles. The Hall–Kier alpha value is -2.34. The van der Waals surface area contributed by atoms with Gasteiger partial charge in [-0.15, -0.1) is 0 Å². The minimum atomic E-state index is -3.75. The Kier molecular flexibility index (Phi) is 5.05. The maximum atomic E-state index is 12.5. The zero-order chi connectivity index (χ0) is 17.0. The second-order valence-electron chi connectivity index (χ2n) is 5.07. The summed E-state index contributed by atoms with van der Waals surface area (Å²) in [6.07, 6.45) is 0.784. The third-order valence-electron chi connectivity index (χ3n) is 3.49. The number of carbonyl (C=O) groups is 1. The van der Waals surface area contributed by atoms with Crippen molar-refractivity contribution in [3.8, 4) is 5.75 Å². The smallest absolute Gasteiger partial charge is 0.262 e. The molecule has 0 saturated heterocycles. The summed E-state index contributed by atoms with van der Waals surface area (Å²) in [5, 5.41) is 0. The van der Waals surface area contributed by atoms with E-state index < -0.39 is 10.0 Å². The second kappa shape index (κ2) is 6.83. The summed E-state index contributed by atoms with van der Waals surface area (Å²) in [4.78, 5) is 11.4. The zero-order valence-electron chi connectivity index (χ0n) is 13.3. The van der Waals surface area contributed by atoms with Gasteiger partial charge in [-0.25, -0.2) is 8.42 Å². The molecule has 0 bridgehead atoms. The molecule has 23 heavy (non-hydrogen) atoms. The number of benzene rings is 2. The largest absolute Gasteiger partial charge is 0.495 e. The van der Waals surface area contributed by atoms with Gasteiger partial charge in [0.15, 0.2) is 5.78 Å². The van der Waals surface area contributed by atoms with Gasteiger partial charge in [0.2, 0.25) is 0 Å². The van der Waals surface area contributed by atoms with Crippen molar-refractivity contribution < 1.29 is 17.9 Å². The van der Waals surface area contributed by atoms with Crippen LogP contribution in [0.1, 0.15) is 29.8 Å². The fourth-order valence-electron chi connectivity index (χ4n) is 2.13. The quantitative estimate of drug-likeness (QED) is 0.824. The van der Waals surface area contributed by atoms with Gasteiger partial charge in [-0.3, -0.25) is 9.52 Å². The van der Waals surface area contributed by atoms with Crippen molar-refractivity contribution in [3.63, 3.8) is 0 Å². The molecule has 2 aromatic rings. The van der Waals surface area contributed by atoms with Crippen molar-refractivity contribution in [1.82, 2.24) is 0 Å². The van der Waals surface area contributed by atoms with Crippen LogP contribution in [-0.4, -0.2) is 21.3 Å². The molecule has 2 aromatic carbocycles. The molecule has 0 atom stereocenters. The predicted octanol–water partition coefficient (Wildman–Crippen LogP) is 3.26. The maximum Gasteiger partial charge on any atom is 0.262 e. The van der Waals surface area contributed by atoms with E-state index in [1.807, 2.05) is 13.0 Å². The molecule has 0 aliphatic rings. The molecule has 0 unspecified atom stereocenters. The Morgan fingerprint density at radius 3 is 2.30 bits per heavy atom. The highest BCUT2D eigenvalue weighted by molar-refractivity contribution is 7.92. The number of Topliss-reactive ketones (excluding diaryl/α,β-unsaturated/α-hetero) is 1. The SMILES string of the molecule is CCc1ccc(OC)c(NS(=O)(=O)c2ccc(C(C)=O)cc2)c1. The standard InChI is InChI=1S/C17H19NO4S/c1-4-13-5-10-17(22-3)16(11-13)18-23(20,21)15-8-6-14(7-9-15)12(2)19/h5-11,18H,4H2,1-3H3. The monoisotopic (exact) mass is 333 g/mol. The zero-order valence-corrected chi connectivity index (χ0v) is 14.1. The highest BCUT2D eigenvalue weighted by atomic mass is 32.2. The van der Waals surface area contributed by atoms with Crippen molar-refractivity contribution in [3.05, 3.63) is 53.6 Å². The maximum absolute atomic E-state index is 12.5. The minimum Gasteiger partial charge on any atom is -0.495 e. The number of sulfonamides is 1. The average Bonchev–Trinajstić information content (AvgIpc) is 2.54. The number of aryl methyl sites for hydroxylation is 1. The van der Waals surface area contributed by atoms with E-state index in [-0.39, 0.29) is 10.7 Å². The van der Waals surface area contributed by atoms with Crippen LogP contribution in [0.25, 0.3) is 0 Å². The van der Waals surface area contributed by atoms with Crippen LogP contribution >= 0.6 is 0 Å². The first-order chi connectivity index (χ1) is 10.9. The van der Waals surface area contributed by atoms with Gasteiger partial charge in [0, 0.05) is 5.56 Å². The Balaban J connectivity index is 2.36.